The summed E-state index contributed by atoms with van der Waals surface area (Å²) in [5.74, 6) is -1.74. The second-order valence-corrected chi connectivity index (χ2v) is 19.1. The Kier molecular flexibility index (Phi) is 15.8. The van der Waals surface area contributed by atoms with Crippen molar-refractivity contribution in [3.8, 4) is 23.1 Å². The van der Waals surface area contributed by atoms with Crippen molar-refractivity contribution < 1.29 is 66.7 Å². The fourth-order valence-electron chi connectivity index (χ4n) is 10.2. The van der Waals surface area contributed by atoms with Crippen LogP contribution in [0.15, 0.2) is 103 Å². The van der Waals surface area contributed by atoms with Crippen LogP contribution in [0.1, 0.15) is 59.1 Å². The van der Waals surface area contributed by atoms with E-state index in [-0.39, 0.29) is 75.1 Å². The number of halogens is 3. The van der Waals surface area contributed by atoms with Crippen LogP contribution in [-0.4, -0.2) is 106 Å². The highest BCUT2D eigenvalue weighted by atomic mass is 35.5. The van der Waals surface area contributed by atoms with E-state index in [1.165, 1.54) is 34.1 Å². The third-order valence-corrected chi connectivity index (χ3v) is 14.3. The monoisotopic (exact) mass is 1070 g/mol. The van der Waals surface area contributed by atoms with E-state index in [0.717, 1.165) is 41.7 Å². The van der Waals surface area contributed by atoms with E-state index < -0.39 is 63.1 Å². The first kappa shape index (κ1) is 52.7. The maximum absolute atomic E-state index is 15.8. The highest BCUT2D eigenvalue weighted by Gasteiger charge is 2.72. The van der Waals surface area contributed by atoms with Gasteiger partial charge in [0.05, 0.1) is 25.3 Å². The fraction of sp³-hybridized carbons (Fsp3) is 0.358. The van der Waals surface area contributed by atoms with Gasteiger partial charge in [0.25, 0.3) is 16.1 Å². The van der Waals surface area contributed by atoms with Crippen LogP contribution < -0.4 is 18.9 Å². The van der Waals surface area contributed by atoms with Crippen molar-refractivity contribution in [2.45, 2.75) is 76.9 Å². The van der Waals surface area contributed by atoms with Crippen LogP contribution in [-0.2, 0) is 45.4 Å². The summed E-state index contributed by atoms with van der Waals surface area (Å²) in [6, 6.07) is 21.6. The minimum absolute atomic E-state index is 0.0276. The Labute approximate surface area is 438 Å². The molecule has 1 aromatic heterocycles. The highest BCUT2D eigenvalue weighted by molar-refractivity contribution is 6.32. The van der Waals surface area contributed by atoms with Gasteiger partial charge in [-0.25, -0.2) is 23.4 Å². The molecule has 1 saturated carbocycles. The fourth-order valence-corrected chi connectivity index (χ4v) is 10.4. The molecular formula is C53H51ClF2N6O14. The van der Waals surface area contributed by atoms with Crippen molar-refractivity contribution in [1.82, 2.24) is 19.7 Å². The molecule has 3 fully saturated rings. The Morgan fingerprint density at radius 2 is 1.49 bits per heavy atom. The number of pyridine rings is 1. The molecule has 398 valence electrons. The number of hydrogen-bond acceptors (Lipinski definition) is 15. The van der Waals surface area contributed by atoms with Crippen LogP contribution >= 0.6 is 11.6 Å². The maximum atomic E-state index is 15.8. The average Bonchev–Trinajstić information content (AvgIpc) is 4.21. The van der Waals surface area contributed by atoms with Gasteiger partial charge in [-0.1, -0.05) is 60.1 Å². The second kappa shape index (κ2) is 22.8. The van der Waals surface area contributed by atoms with Crippen molar-refractivity contribution in [3.63, 3.8) is 0 Å². The van der Waals surface area contributed by atoms with Crippen LogP contribution in [0.2, 0.25) is 5.02 Å². The Morgan fingerprint density at radius 3 is 2.13 bits per heavy atom. The summed E-state index contributed by atoms with van der Waals surface area (Å²) in [7, 11) is 1.57. The maximum Gasteiger partial charge on any atom is 0.416 e. The number of rotatable bonds is 22. The number of hydrogen-bond donors (Lipinski definition) is 0. The van der Waals surface area contributed by atoms with Crippen LogP contribution in [0.3, 0.4) is 0 Å². The molecule has 2 saturated heterocycles. The molecule has 2 aliphatic carbocycles. The average molecular weight is 1070 g/mol. The molecule has 3 amide bonds. The SMILES string of the molecule is COCCOc1nccc(CN(C(=O)C2=C(c3ccc(CCCOc4c(F)ccc(F)c4Cl)cc3)CC34CN(C(=O)Oc5cccc(CO[N+](=O)[O-])c5)CC3N(C(=O)Oc3cccc(CO[N+](=O)[O-])c3)C24)C2CC2)c1C. The van der Waals surface area contributed by atoms with Gasteiger partial charge in [-0.3, -0.25) is 9.69 Å². The van der Waals surface area contributed by atoms with E-state index in [1.807, 2.05) is 42.2 Å². The van der Waals surface area contributed by atoms with E-state index in [4.69, 9.17) is 35.3 Å². The lowest BCUT2D eigenvalue weighted by Crippen LogP contribution is -2.72. The summed E-state index contributed by atoms with van der Waals surface area (Å²) >= 11 is 5.97. The van der Waals surface area contributed by atoms with Gasteiger partial charge < -0.3 is 43.2 Å². The van der Waals surface area contributed by atoms with Gasteiger partial charge in [-0.05, 0) is 115 Å². The predicted octanol–water partition coefficient (Wildman–Crippen LogP) is 8.88. The number of carbonyl (C=O) groups is 3. The van der Waals surface area contributed by atoms with Gasteiger partial charge >= 0.3 is 12.2 Å². The first-order valence-corrected chi connectivity index (χ1v) is 24.7. The molecule has 9 rings (SSSR count). The van der Waals surface area contributed by atoms with Gasteiger partial charge in [-0.15, -0.1) is 20.2 Å². The number of amides is 3. The first-order chi connectivity index (χ1) is 36.6. The molecule has 3 unspecified atom stereocenters. The van der Waals surface area contributed by atoms with Crippen molar-refractivity contribution in [3.05, 3.63) is 173 Å². The number of carbonyl (C=O) groups excluding carboxylic acids is 3. The van der Waals surface area contributed by atoms with Gasteiger partial charge in [0.1, 0.15) is 42.2 Å². The zero-order valence-corrected chi connectivity index (χ0v) is 42.0. The summed E-state index contributed by atoms with van der Waals surface area (Å²) in [6.07, 6.45) is 2.61. The van der Waals surface area contributed by atoms with Crippen LogP contribution in [0.25, 0.3) is 5.57 Å². The molecule has 3 heterocycles. The summed E-state index contributed by atoms with van der Waals surface area (Å²) in [6.45, 7) is 1.91. The van der Waals surface area contributed by atoms with Crippen molar-refractivity contribution in [1.29, 1.82) is 0 Å². The summed E-state index contributed by atoms with van der Waals surface area (Å²) < 4.78 is 57.0. The molecule has 0 radical (unpaired) electrons. The van der Waals surface area contributed by atoms with Crippen molar-refractivity contribution in [2.75, 3.05) is 40.0 Å². The number of methoxy groups -OCH3 is 1. The lowest BCUT2D eigenvalue weighted by atomic mass is 9.66. The molecule has 0 bridgehead atoms. The zero-order chi connectivity index (χ0) is 53.7. The molecule has 4 aliphatic rings. The summed E-state index contributed by atoms with van der Waals surface area (Å²) in [4.78, 5) is 85.0. The number of likely N-dealkylation sites (tertiary alicyclic amines) is 2. The van der Waals surface area contributed by atoms with Crippen LogP contribution in [0.4, 0.5) is 18.4 Å². The predicted molar refractivity (Wildman–Crippen MR) is 265 cm³/mol. The normalized spacial score (nSPS) is 18.3. The molecule has 23 heteroatoms. The Bertz CT molecular complexity index is 3070. The lowest BCUT2D eigenvalue weighted by Gasteiger charge is -2.56. The summed E-state index contributed by atoms with van der Waals surface area (Å²) in [5, 5.41) is 19.6. The molecular weight excluding hydrogens is 1020 g/mol. The Hall–Kier alpha value is -8.11. The van der Waals surface area contributed by atoms with Crippen LogP contribution in [0.5, 0.6) is 23.1 Å². The molecule has 5 aromatic rings. The minimum Gasteiger partial charge on any atom is -0.489 e. The molecule has 1 spiro atoms. The number of nitrogens with zero attached hydrogens (tertiary/aromatic N) is 6. The minimum atomic E-state index is -0.937. The quantitative estimate of drug-likeness (QED) is 0.0273. The number of allylic oxidation sites excluding steroid dienone is 1. The topological polar surface area (TPSA) is 225 Å². The Morgan fingerprint density at radius 1 is 0.829 bits per heavy atom. The molecule has 2 aliphatic heterocycles. The zero-order valence-electron chi connectivity index (χ0n) is 41.2. The van der Waals surface area contributed by atoms with E-state index >= 15 is 4.79 Å². The first-order valence-electron chi connectivity index (χ1n) is 24.3. The second-order valence-electron chi connectivity index (χ2n) is 18.8. The van der Waals surface area contributed by atoms with E-state index in [2.05, 4.69) is 14.7 Å². The summed E-state index contributed by atoms with van der Waals surface area (Å²) in [5.41, 5.74) is 3.86. The smallest absolute Gasteiger partial charge is 0.416 e. The molecule has 0 N–H and O–H groups in total. The highest BCUT2D eigenvalue weighted by Crippen LogP contribution is 2.63. The van der Waals surface area contributed by atoms with Gasteiger partial charge in [0.2, 0.25) is 5.88 Å². The molecule has 20 nitrogen and oxygen atoms in total. The van der Waals surface area contributed by atoms with Crippen molar-refractivity contribution >= 4 is 35.3 Å². The standard InChI is InChI=1S/C53H51ClF2N6O14/c1-32-37(19-20-57-49(32)72-23-22-70-2)27-59(38-15-16-38)50(63)45-41(36-13-11-33(12-14-36)8-5-21-71-47-43(56)18-17-42(55)46(47)54)26-53-31-58(51(64)75-39-9-3-6-34(24-39)29-73-61(66)67)28-44(53)60(48(45)53)52(65)76-40-10-4-7-35(25-40)30-74-62(68)69/h3-4,6-7,9-14,17-20,24-25,38,44,48H,5,8,15-16,21-23,26-31H2,1-2H3. The van der Waals surface area contributed by atoms with Gasteiger partial charge in [0, 0.05) is 55.5 Å². The molecule has 76 heavy (non-hydrogen) atoms. The van der Waals surface area contributed by atoms with Crippen molar-refractivity contribution in [2.24, 2.45) is 5.41 Å². The third-order valence-electron chi connectivity index (χ3n) is 13.9. The van der Waals surface area contributed by atoms with E-state index in [0.29, 0.717) is 53.2 Å². The largest absolute Gasteiger partial charge is 0.489 e. The van der Waals surface area contributed by atoms with E-state index in [1.54, 1.807) is 37.6 Å². The molecule has 3 atom stereocenters. The Balaban J connectivity index is 1.06. The van der Waals surface area contributed by atoms with E-state index in [9.17, 15) is 38.6 Å². The number of benzene rings is 4. The number of aryl methyl sites for hydroxylation is 1. The van der Waals surface area contributed by atoms with Gasteiger partial charge in [-0.2, -0.15) is 0 Å². The van der Waals surface area contributed by atoms with Gasteiger partial charge in [0.15, 0.2) is 11.6 Å². The number of aromatic nitrogens is 1. The lowest BCUT2D eigenvalue weighted by molar-refractivity contribution is -0.763. The molecule has 4 aromatic carbocycles. The number of ether oxygens (including phenoxy) is 5. The van der Waals surface area contributed by atoms with Crippen LogP contribution in [0, 0.1) is 44.2 Å². The third kappa shape index (κ3) is 11.4.